The lowest BCUT2D eigenvalue weighted by Gasteiger charge is -2.41. The van der Waals surface area contributed by atoms with Crippen molar-refractivity contribution in [1.82, 2.24) is 5.32 Å². The fourth-order valence-corrected chi connectivity index (χ4v) is 2.74. The van der Waals surface area contributed by atoms with Crippen LogP contribution < -0.4 is 5.32 Å². The molecule has 1 fully saturated rings. The Morgan fingerprint density at radius 2 is 1.69 bits per heavy atom. The molecule has 0 bridgehead atoms. The van der Waals surface area contributed by atoms with Crippen molar-refractivity contribution >= 4 is 0 Å². The summed E-state index contributed by atoms with van der Waals surface area (Å²) in [6.45, 7) is 11.9. The van der Waals surface area contributed by atoms with Gasteiger partial charge < -0.3 is 5.32 Å². The lowest BCUT2D eigenvalue weighted by Crippen LogP contribution is -2.38. The summed E-state index contributed by atoms with van der Waals surface area (Å²) < 4.78 is 0. The average Bonchev–Trinajstić information content (AvgIpc) is 2.03. The van der Waals surface area contributed by atoms with Crippen molar-refractivity contribution in [2.45, 2.75) is 53.4 Å². The van der Waals surface area contributed by atoms with Gasteiger partial charge in [-0.15, -0.1) is 0 Å². The van der Waals surface area contributed by atoms with Crippen LogP contribution in [0.1, 0.15) is 53.4 Å². The molecule has 1 nitrogen and oxygen atoms in total. The molecule has 1 aliphatic rings. The quantitative estimate of drug-likeness (QED) is 0.693. The van der Waals surface area contributed by atoms with Crippen molar-refractivity contribution < 1.29 is 0 Å². The predicted molar refractivity (Wildman–Crippen MR) is 58.9 cm³/mol. The molecule has 0 radical (unpaired) electrons. The Hall–Kier alpha value is -0.0400. The number of nitrogens with one attached hydrogen (secondary N) is 1. The zero-order valence-corrected chi connectivity index (χ0v) is 9.74. The second-order valence-electron chi connectivity index (χ2n) is 5.84. The lowest BCUT2D eigenvalue weighted by molar-refractivity contribution is 0.117. The Balaban J connectivity index is 2.57. The van der Waals surface area contributed by atoms with E-state index in [1.54, 1.807) is 0 Å². The van der Waals surface area contributed by atoms with E-state index in [2.05, 4.69) is 33.0 Å². The number of hydrogen-bond acceptors (Lipinski definition) is 1. The van der Waals surface area contributed by atoms with Gasteiger partial charge in [-0.25, -0.2) is 0 Å². The fourth-order valence-electron chi connectivity index (χ4n) is 2.74. The number of hydrogen-bond donors (Lipinski definition) is 1. The molecule has 0 spiro atoms. The van der Waals surface area contributed by atoms with Crippen LogP contribution in [0.4, 0.5) is 0 Å². The summed E-state index contributed by atoms with van der Waals surface area (Å²) in [6, 6.07) is 0. The van der Waals surface area contributed by atoms with Crippen molar-refractivity contribution in [2.24, 2.45) is 10.8 Å². The zero-order chi connectivity index (χ0) is 9.95. The Morgan fingerprint density at radius 1 is 1.15 bits per heavy atom. The summed E-state index contributed by atoms with van der Waals surface area (Å²) in [4.78, 5) is 0. The van der Waals surface area contributed by atoms with E-state index in [9.17, 15) is 0 Å². The third-order valence-corrected chi connectivity index (χ3v) is 3.32. The van der Waals surface area contributed by atoms with Crippen LogP contribution in [0.15, 0.2) is 0 Å². The van der Waals surface area contributed by atoms with Gasteiger partial charge in [0.1, 0.15) is 0 Å². The first-order valence-electron chi connectivity index (χ1n) is 5.68. The highest BCUT2D eigenvalue weighted by molar-refractivity contribution is 4.87. The maximum Gasteiger partial charge on any atom is -0.00436 e. The minimum Gasteiger partial charge on any atom is -0.317 e. The molecule has 1 heteroatoms. The SMILES string of the molecule is CCC1(CC(C)(C)C)CCNCC1. The van der Waals surface area contributed by atoms with E-state index in [4.69, 9.17) is 0 Å². The summed E-state index contributed by atoms with van der Waals surface area (Å²) >= 11 is 0. The number of piperidine rings is 1. The van der Waals surface area contributed by atoms with E-state index in [0.29, 0.717) is 10.8 Å². The molecule has 0 aromatic carbocycles. The van der Waals surface area contributed by atoms with Crippen LogP contribution in [0.2, 0.25) is 0 Å². The van der Waals surface area contributed by atoms with E-state index >= 15 is 0 Å². The second-order valence-corrected chi connectivity index (χ2v) is 5.84. The molecule has 1 N–H and O–H groups in total. The van der Waals surface area contributed by atoms with E-state index < -0.39 is 0 Å². The molecule has 0 aromatic heterocycles. The van der Waals surface area contributed by atoms with Gasteiger partial charge in [0.25, 0.3) is 0 Å². The van der Waals surface area contributed by atoms with Crippen LogP contribution in [0.25, 0.3) is 0 Å². The van der Waals surface area contributed by atoms with Crippen molar-refractivity contribution in [3.63, 3.8) is 0 Å². The Labute approximate surface area is 83.3 Å². The van der Waals surface area contributed by atoms with Crippen molar-refractivity contribution in [3.8, 4) is 0 Å². The maximum absolute atomic E-state index is 3.46. The number of rotatable bonds is 2. The second kappa shape index (κ2) is 4.00. The lowest BCUT2D eigenvalue weighted by atomic mass is 9.67. The van der Waals surface area contributed by atoms with Crippen LogP contribution in [0.3, 0.4) is 0 Å². The highest BCUT2D eigenvalue weighted by Gasteiger charge is 2.33. The molecule has 0 saturated carbocycles. The van der Waals surface area contributed by atoms with Crippen molar-refractivity contribution in [3.05, 3.63) is 0 Å². The van der Waals surface area contributed by atoms with Gasteiger partial charge in [-0.1, -0.05) is 34.1 Å². The largest absolute Gasteiger partial charge is 0.317 e. The molecule has 0 aliphatic carbocycles. The topological polar surface area (TPSA) is 12.0 Å². The van der Waals surface area contributed by atoms with Gasteiger partial charge in [-0.3, -0.25) is 0 Å². The Morgan fingerprint density at radius 3 is 2.08 bits per heavy atom. The van der Waals surface area contributed by atoms with Gasteiger partial charge >= 0.3 is 0 Å². The van der Waals surface area contributed by atoms with Gasteiger partial charge in [-0.05, 0) is 43.2 Å². The molecule has 1 saturated heterocycles. The third-order valence-electron chi connectivity index (χ3n) is 3.32. The summed E-state index contributed by atoms with van der Waals surface area (Å²) in [5, 5.41) is 3.46. The first-order valence-corrected chi connectivity index (χ1v) is 5.68. The van der Waals surface area contributed by atoms with Crippen molar-refractivity contribution in [2.75, 3.05) is 13.1 Å². The highest BCUT2D eigenvalue weighted by Crippen LogP contribution is 2.42. The minimum atomic E-state index is 0.493. The first-order chi connectivity index (χ1) is 5.97. The molecule has 0 aromatic rings. The standard InChI is InChI=1S/C12H25N/c1-5-12(10-11(2,3)4)6-8-13-9-7-12/h13H,5-10H2,1-4H3. The van der Waals surface area contributed by atoms with Gasteiger partial charge in [0.2, 0.25) is 0 Å². The van der Waals surface area contributed by atoms with Crippen LogP contribution in [-0.4, -0.2) is 13.1 Å². The van der Waals surface area contributed by atoms with Crippen LogP contribution in [0, 0.1) is 10.8 Å². The molecular weight excluding hydrogens is 158 g/mol. The first kappa shape index (κ1) is 11.0. The Bertz CT molecular complexity index is 149. The zero-order valence-electron chi connectivity index (χ0n) is 9.74. The van der Waals surface area contributed by atoms with E-state index in [1.165, 1.54) is 38.8 Å². The molecule has 1 aliphatic heterocycles. The third kappa shape index (κ3) is 3.30. The summed E-state index contributed by atoms with van der Waals surface area (Å²) in [5.74, 6) is 0. The molecule has 13 heavy (non-hydrogen) atoms. The van der Waals surface area contributed by atoms with E-state index in [-0.39, 0.29) is 0 Å². The average molecular weight is 183 g/mol. The molecular formula is C12H25N. The van der Waals surface area contributed by atoms with Crippen LogP contribution in [-0.2, 0) is 0 Å². The maximum atomic E-state index is 3.46. The van der Waals surface area contributed by atoms with Crippen LogP contribution in [0.5, 0.6) is 0 Å². The van der Waals surface area contributed by atoms with Crippen LogP contribution >= 0.6 is 0 Å². The van der Waals surface area contributed by atoms with Crippen molar-refractivity contribution in [1.29, 1.82) is 0 Å². The minimum absolute atomic E-state index is 0.493. The predicted octanol–water partition coefficient (Wildman–Crippen LogP) is 3.20. The monoisotopic (exact) mass is 183 g/mol. The van der Waals surface area contributed by atoms with E-state index in [1.807, 2.05) is 0 Å². The molecule has 0 amide bonds. The summed E-state index contributed by atoms with van der Waals surface area (Å²) in [5.41, 5.74) is 1.14. The molecule has 78 valence electrons. The van der Waals surface area contributed by atoms with Gasteiger partial charge in [0.05, 0.1) is 0 Å². The normalized spacial score (nSPS) is 23.1. The molecule has 1 rings (SSSR count). The Kier molecular flexibility index (Phi) is 3.39. The van der Waals surface area contributed by atoms with Gasteiger partial charge in [0, 0.05) is 0 Å². The van der Waals surface area contributed by atoms with Gasteiger partial charge in [0.15, 0.2) is 0 Å². The van der Waals surface area contributed by atoms with E-state index in [0.717, 1.165) is 0 Å². The summed E-state index contributed by atoms with van der Waals surface area (Å²) in [6.07, 6.45) is 5.49. The van der Waals surface area contributed by atoms with Gasteiger partial charge in [-0.2, -0.15) is 0 Å². The molecule has 0 unspecified atom stereocenters. The smallest absolute Gasteiger partial charge is 0.00436 e. The highest BCUT2D eigenvalue weighted by atomic mass is 14.9. The molecule has 0 atom stereocenters. The summed E-state index contributed by atoms with van der Waals surface area (Å²) in [7, 11) is 0. The fraction of sp³-hybridized carbons (Fsp3) is 1.00. The molecule has 1 heterocycles.